The highest BCUT2D eigenvalue weighted by Crippen LogP contribution is 2.41. The molecule has 0 aromatic carbocycles. The zero-order chi connectivity index (χ0) is 26.1. The minimum absolute atomic E-state index is 0.0132. The second-order valence-corrected chi connectivity index (χ2v) is 8.12. The van der Waals surface area contributed by atoms with E-state index < -0.39 is 29.0 Å². The number of hydrogen-bond donors (Lipinski definition) is 1. The minimum atomic E-state index is -4.68. The molecule has 2 aromatic heterocycles. The van der Waals surface area contributed by atoms with E-state index in [4.69, 9.17) is 19.3 Å². The molecule has 2 rings (SSSR count). The Balaban J connectivity index is 0.00000182. The summed E-state index contributed by atoms with van der Waals surface area (Å²) in [6.45, 7) is 12.9. The molecule has 8 nitrogen and oxygen atoms in total. The molecule has 11 heteroatoms. The van der Waals surface area contributed by atoms with Gasteiger partial charge >= 0.3 is 12.1 Å². The van der Waals surface area contributed by atoms with Crippen LogP contribution in [0.15, 0.2) is 12.4 Å². The number of nitrogens with zero attached hydrogens (tertiary/aromatic N) is 3. The van der Waals surface area contributed by atoms with Crippen LogP contribution < -0.4 is 4.74 Å². The van der Waals surface area contributed by atoms with Crippen molar-refractivity contribution in [2.45, 2.75) is 66.6 Å². The van der Waals surface area contributed by atoms with Crippen LogP contribution in [0.2, 0.25) is 0 Å². The first-order chi connectivity index (χ1) is 15.8. The number of rotatable bonds is 8. The number of ether oxygens (including phenoxy) is 3. The van der Waals surface area contributed by atoms with Crippen LogP contribution in [0.1, 0.15) is 68.7 Å². The van der Waals surface area contributed by atoms with E-state index in [0.29, 0.717) is 6.61 Å². The lowest BCUT2D eigenvalue weighted by Gasteiger charge is -2.23. The molecule has 2 heterocycles. The quantitative estimate of drug-likeness (QED) is 0.416. The molecule has 0 amide bonds. The number of carbonyl (C=O) groups is 1. The van der Waals surface area contributed by atoms with Gasteiger partial charge in [0.2, 0.25) is 5.88 Å². The van der Waals surface area contributed by atoms with Crippen LogP contribution in [-0.4, -0.2) is 52.3 Å². The minimum Gasteiger partial charge on any atom is -0.461 e. The molecule has 0 aliphatic heterocycles. The summed E-state index contributed by atoms with van der Waals surface area (Å²) in [5, 5.41) is 11.8. The Labute approximate surface area is 198 Å². The third kappa shape index (κ3) is 7.69. The predicted octanol–water partition coefficient (Wildman–Crippen LogP) is 4.91. The SMILES string of the molecule is CCO.CCOCCc1cncc(Oc2c(C)c(C(=O)OCC)nn2C(C)(C)C)c1C(F)(F)F. The summed E-state index contributed by atoms with van der Waals surface area (Å²) in [5.41, 5.74) is -1.38. The van der Waals surface area contributed by atoms with Gasteiger partial charge in [-0.2, -0.15) is 18.3 Å². The lowest BCUT2D eigenvalue weighted by molar-refractivity contribution is -0.139. The number of esters is 1. The summed E-state index contributed by atoms with van der Waals surface area (Å²) in [5.74, 6) is -1.12. The van der Waals surface area contributed by atoms with E-state index >= 15 is 0 Å². The topological polar surface area (TPSA) is 95.7 Å². The molecule has 0 spiro atoms. The number of aromatic nitrogens is 3. The van der Waals surface area contributed by atoms with Crippen LogP contribution in [0.25, 0.3) is 0 Å². The number of aliphatic hydroxyl groups is 1. The van der Waals surface area contributed by atoms with Gasteiger partial charge in [0.1, 0.15) is 5.56 Å². The van der Waals surface area contributed by atoms with Crippen molar-refractivity contribution in [3.8, 4) is 11.6 Å². The van der Waals surface area contributed by atoms with Gasteiger partial charge in [0.05, 0.1) is 24.9 Å². The van der Waals surface area contributed by atoms with E-state index in [1.807, 2.05) is 0 Å². The predicted molar refractivity (Wildman–Crippen MR) is 120 cm³/mol. The van der Waals surface area contributed by atoms with E-state index in [-0.39, 0.29) is 48.9 Å². The molecule has 0 fully saturated rings. The first-order valence-electron chi connectivity index (χ1n) is 11.0. The Morgan fingerprint density at radius 3 is 2.24 bits per heavy atom. The van der Waals surface area contributed by atoms with Crippen molar-refractivity contribution in [1.29, 1.82) is 0 Å². The van der Waals surface area contributed by atoms with Crippen molar-refractivity contribution in [1.82, 2.24) is 14.8 Å². The smallest absolute Gasteiger partial charge is 0.420 e. The Bertz CT molecular complexity index is 937. The van der Waals surface area contributed by atoms with Crippen molar-refractivity contribution in [3.05, 3.63) is 34.8 Å². The molecule has 2 aromatic rings. The maximum absolute atomic E-state index is 13.9. The zero-order valence-corrected chi connectivity index (χ0v) is 20.7. The fraction of sp³-hybridized carbons (Fsp3) is 0.609. The number of alkyl halides is 3. The zero-order valence-electron chi connectivity index (χ0n) is 20.7. The Hall–Kier alpha value is -2.66. The molecule has 34 heavy (non-hydrogen) atoms. The van der Waals surface area contributed by atoms with E-state index in [2.05, 4.69) is 10.1 Å². The normalized spacial score (nSPS) is 11.6. The van der Waals surface area contributed by atoms with Gasteiger partial charge in [-0.1, -0.05) is 0 Å². The molecule has 0 unspecified atom stereocenters. The van der Waals surface area contributed by atoms with Gasteiger partial charge in [-0.05, 0) is 60.5 Å². The first kappa shape index (κ1) is 29.4. The van der Waals surface area contributed by atoms with Crippen molar-refractivity contribution < 1.29 is 37.3 Å². The summed E-state index contributed by atoms with van der Waals surface area (Å²) in [6.07, 6.45) is -2.48. The standard InChI is InChI=1S/C21H28F3N3O4.C2H6O/c1-7-29-10-9-14-11-25-12-15(16(14)21(22,23)24)31-18-13(3)17(19(28)30-8-2)26-27(18)20(4,5)6;1-2-3/h11-12H,7-10H2,1-6H3;3H,2H2,1H3. The molecule has 1 N–H and O–H groups in total. The number of carbonyl (C=O) groups excluding carboxylic acids is 1. The Morgan fingerprint density at radius 1 is 1.12 bits per heavy atom. The van der Waals surface area contributed by atoms with Gasteiger partial charge < -0.3 is 19.3 Å². The van der Waals surface area contributed by atoms with E-state index in [0.717, 1.165) is 12.4 Å². The van der Waals surface area contributed by atoms with Crippen molar-refractivity contribution in [2.75, 3.05) is 26.4 Å². The third-order valence-corrected chi connectivity index (χ3v) is 4.37. The van der Waals surface area contributed by atoms with Gasteiger partial charge in [0.15, 0.2) is 11.4 Å². The Kier molecular flexibility index (Phi) is 11.0. The molecular weight excluding hydrogens is 455 g/mol. The van der Waals surface area contributed by atoms with Crippen molar-refractivity contribution >= 4 is 5.97 Å². The third-order valence-electron chi connectivity index (χ3n) is 4.37. The fourth-order valence-electron chi connectivity index (χ4n) is 2.95. The largest absolute Gasteiger partial charge is 0.461 e. The van der Waals surface area contributed by atoms with Crippen LogP contribution in [-0.2, 0) is 27.6 Å². The molecule has 192 valence electrons. The second kappa shape index (κ2) is 12.7. The van der Waals surface area contributed by atoms with Gasteiger partial charge in [-0.25, -0.2) is 9.48 Å². The lowest BCUT2D eigenvalue weighted by atomic mass is 10.1. The average molecular weight is 490 g/mol. The maximum Gasteiger partial charge on any atom is 0.420 e. The van der Waals surface area contributed by atoms with E-state index in [1.54, 1.807) is 48.5 Å². The van der Waals surface area contributed by atoms with Crippen LogP contribution >= 0.6 is 0 Å². The van der Waals surface area contributed by atoms with Gasteiger partial charge in [-0.15, -0.1) is 0 Å². The molecule has 0 atom stereocenters. The van der Waals surface area contributed by atoms with Crippen molar-refractivity contribution in [3.63, 3.8) is 0 Å². The summed E-state index contributed by atoms with van der Waals surface area (Å²) < 4.78 is 59.2. The highest BCUT2D eigenvalue weighted by Gasteiger charge is 2.38. The van der Waals surface area contributed by atoms with E-state index in [9.17, 15) is 18.0 Å². The van der Waals surface area contributed by atoms with Gasteiger partial charge in [0, 0.05) is 25.0 Å². The maximum atomic E-state index is 13.9. The highest BCUT2D eigenvalue weighted by molar-refractivity contribution is 5.89. The van der Waals surface area contributed by atoms with Crippen molar-refractivity contribution in [2.24, 2.45) is 0 Å². The molecule has 0 radical (unpaired) electrons. The second-order valence-electron chi connectivity index (χ2n) is 8.12. The van der Waals surface area contributed by atoms with Gasteiger partial charge in [-0.3, -0.25) is 4.98 Å². The molecular formula is C23H34F3N3O5. The number of pyridine rings is 1. The number of aliphatic hydroxyl groups excluding tert-OH is 1. The molecule has 0 saturated heterocycles. The first-order valence-corrected chi connectivity index (χ1v) is 11.0. The molecule has 0 saturated carbocycles. The Morgan fingerprint density at radius 2 is 1.74 bits per heavy atom. The molecule has 0 aliphatic rings. The summed E-state index contributed by atoms with van der Waals surface area (Å²) in [7, 11) is 0. The molecule has 0 aliphatic carbocycles. The molecule has 0 bridgehead atoms. The lowest BCUT2D eigenvalue weighted by Crippen LogP contribution is -2.24. The number of halogens is 3. The highest BCUT2D eigenvalue weighted by atomic mass is 19.4. The van der Waals surface area contributed by atoms with Crippen LogP contribution in [0.5, 0.6) is 11.6 Å². The van der Waals surface area contributed by atoms with Gasteiger partial charge in [0.25, 0.3) is 0 Å². The van der Waals surface area contributed by atoms with Crippen LogP contribution in [0.4, 0.5) is 13.2 Å². The fourth-order valence-corrected chi connectivity index (χ4v) is 2.95. The number of hydrogen-bond acceptors (Lipinski definition) is 7. The van der Waals surface area contributed by atoms with Crippen LogP contribution in [0.3, 0.4) is 0 Å². The van der Waals surface area contributed by atoms with E-state index in [1.165, 1.54) is 4.68 Å². The summed E-state index contributed by atoms with van der Waals surface area (Å²) >= 11 is 0. The van der Waals surface area contributed by atoms with Crippen LogP contribution in [0, 0.1) is 6.92 Å². The summed E-state index contributed by atoms with van der Waals surface area (Å²) in [4.78, 5) is 16.2. The summed E-state index contributed by atoms with van der Waals surface area (Å²) in [6, 6.07) is 0. The average Bonchev–Trinajstić information content (AvgIpc) is 3.05. The monoisotopic (exact) mass is 489 g/mol.